The molecule has 2 heteroatoms. The van der Waals surface area contributed by atoms with Crippen molar-refractivity contribution >= 4 is 6.08 Å². The summed E-state index contributed by atoms with van der Waals surface area (Å²) in [5.41, 5.74) is 2.36. The molecule has 0 bridgehead atoms. The summed E-state index contributed by atoms with van der Waals surface area (Å²) < 4.78 is 5.32. The maximum atomic E-state index is 9.22. The van der Waals surface area contributed by atoms with Gasteiger partial charge in [0.05, 0.1) is 13.2 Å². The van der Waals surface area contributed by atoms with Crippen molar-refractivity contribution in [1.29, 1.82) is 0 Å². The first-order valence-corrected chi connectivity index (χ1v) is 6.07. The summed E-state index contributed by atoms with van der Waals surface area (Å²) in [5.74, 6) is 1.38. The molecule has 1 aromatic carbocycles. The molecule has 0 aliphatic rings. The molecular weight excluding hydrogens is 212 g/mol. The van der Waals surface area contributed by atoms with Crippen LogP contribution in [-0.2, 0) is 0 Å². The average molecular weight is 234 g/mol. The van der Waals surface area contributed by atoms with E-state index < -0.39 is 0 Å². The Hall–Kier alpha value is -1.28. The number of benzene rings is 1. The fraction of sp³-hybridized carbons (Fsp3) is 0.467. The van der Waals surface area contributed by atoms with Crippen molar-refractivity contribution in [1.82, 2.24) is 0 Å². The lowest BCUT2D eigenvalue weighted by molar-refractivity contribution is 0.199. The molecule has 0 radical (unpaired) electrons. The highest BCUT2D eigenvalue weighted by Gasteiger charge is 2.04. The van der Waals surface area contributed by atoms with Crippen molar-refractivity contribution in [2.75, 3.05) is 7.11 Å². The van der Waals surface area contributed by atoms with Crippen LogP contribution in [0.1, 0.15) is 44.2 Å². The van der Waals surface area contributed by atoms with Gasteiger partial charge in [-0.1, -0.05) is 32.1 Å². The molecule has 0 amide bonds. The number of aliphatic hydroxyl groups excluding tert-OH is 1. The third-order valence-corrected chi connectivity index (χ3v) is 2.70. The fourth-order valence-electron chi connectivity index (χ4n) is 1.63. The van der Waals surface area contributed by atoms with Crippen LogP contribution in [0, 0.1) is 0 Å². The van der Waals surface area contributed by atoms with E-state index in [1.54, 1.807) is 14.0 Å². The number of hydrogen-bond acceptors (Lipinski definition) is 2. The molecule has 1 atom stereocenters. The van der Waals surface area contributed by atoms with Crippen LogP contribution in [-0.4, -0.2) is 18.3 Å². The van der Waals surface area contributed by atoms with Gasteiger partial charge in [0.25, 0.3) is 0 Å². The Kier molecular flexibility index (Phi) is 5.23. The van der Waals surface area contributed by atoms with Gasteiger partial charge in [-0.25, -0.2) is 0 Å². The Morgan fingerprint density at radius 3 is 2.53 bits per heavy atom. The highest BCUT2D eigenvalue weighted by molar-refractivity contribution is 5.58. The van der Waals surface area contributed by atoms with Crippen molar-refractivity contribution < 1.29 is 9.84 Å². The third-order valence-electron chi connectivity index (χ3n) is 2.70. The summed E-state index contributed by atoms with van der Waals surface area (Å²) in [5, 5.41) is 9.22. The highest BCUT2D eigenvalue weighted by Crippen LogP contribution is 2.25. The van der Waals surface area contributed by atoms with E-state index in [1.165, 1.54) is 5.56 Å². The normalized spacial score (nSPS) is 13.3. The molecule has 0 aliphatic heterocycles. The Morgan fingerprint density at radius 1 is 1.29 bits per heavy atom. The summed E-state index contributed by atoms with van der Waals surface area (Å²) in [6.45, 7) is 6.13. The van der Waals surface area contributed by atoms with E-state index in [2.05, 4.69) is 26.0 Å². The minimum atomic E-state index is -0.300. The van der Waals surface area contributed by atoms with Crippen LogP contribution >= 0.6 is 0 Å². The molecular formula is C15H22O2. The molecule has 0 spiro atoms. The van der Waals surface area contributed by atoms with Crippen molar-refractivity contribution in [2.24, 2.45) is 0 Å². The van der Waals surface area contributed by atoms with Gasteiger partial charge in [0, 0.05) is 5.56 Å². The second kappa shape index (κ2) is 6.45. The van der Waals surface area contributed by atoms with Gasteiger partial charge < -0.3 is 9.84 Å². The molecule has 0 fully saturated rings. The number of rotatable bonds is 5. The molecule has 0 aromatic heterocycles. The second-order valence-electron chi connectivity index (χ2n) is 4.64. The van der Waals surface area contributed by atoms with Crippen LogP contribution in [0.2, 0.25) is 0 Å². The highest BCUT2D eigenvalue weighted by atomic mass is 16.5. The van der Waals surface area contributed by atoms with Crippen molar-refractivity contribution in [3.63, 3.8) is 0 Å². The predicted octanol–water partition coefficient (Wildman–Crippen LogP) is 3.60. The van der Waals surface area contributed by atoms with Gasteiger partial charge in [-0.15, -0.1) is 0 Å². The minimum absolute atomic E-state index is 0.300. The standard InChI is InChI=1S/C15H22O2/c1-11(2)13-8-9-15(17-4)14(10-13)7-5-6-12(3)16/h5,7-12,16H,6H2,1-4H3/t12-/m1/s1. The first-order chi connectivity index (χ1) is 8.04. The van der Waals surface area contributed by atoms with Crippen molar-refractivity contribution in [3.05, 3.63) is 35.4 Å². The maximum Gasteiger partial charge on any atom is 0.126 e. The monoisotopic (exact) mass is 234 g/mol. The molecule has 1 aromatic rings. The van der Waals surface area contributed by atoms with Crippen molar-refractivity contribution in [3.8, 4) is 5.75 Å². The Morgan fingerprint density at radius 2 is 2.00 bits per heavy atom. The molecule has 1 rings (SSSR count). The molecule has 0 heterocycles. The summed E-state index contributed by atoms with van der Waals surface area (Å²) >= 11 is 0. The van der Waals surface area contributed by atoms with E-state index in [4.69, 9.17) is 4.74 Å². The Bertz CT molecular complexity index is 379. The molecule has 0 saturated carbocycles. The first-order valence-electron chi connectivity index (χ1n) is 6.07. The first kappa shape index (κ1) is 13.8. The van der Waals surface area contributed by atoms with Crippen molar-refractivity contribution in [2.45, 2.75) is 39.2 Å². The van der Waals surface area contributed by atoms with E-state index in [0.29, 0.717) is 12.3 Å². The quantitative estimate of drug-likeness (QED) is 0.843. The number of ether oxygens (including phenoxy) is 1. The van der Waals surface area contributed by atoms with Gasteiger partial charge in [-0.3, -0.25) is 0 Å². The molecule has 0 saturated heterocycles. The van der Waals surface area contributed by atoms with Crippen LogP contribution in [0.5, 0.6) is 5.75 Å². The van der Waals surface area contributed by atoms with Gasteiger partial charge in [-0.05, 0) is 37.0 Å². The van der Waals surface area contributed by atoms with Crippen LogP contribution in [0.25, 0.3) is 6.08 Å². The Labute approximate surface area is 104 Å². The average Bonchev–Trinajstić information content (AvgIpc) is 2.28. The zero-order valence-electron chi connectivity index (χ0n) is 11.1. The lowest BCUT2D eigenvalue weighted by Gasteiger charge is -2.10. The maximum absolute atomic E-state index is 9.22. The van der Waals surface area contributed by atoms with Gasteiger partial charge in [0.2, 0.25) is 0 Å². The number of hydrogen-bond donors (Lipinski definition) is 1. The van der Waals surface area contributed by atoms with Gasteiger partial charge in [0.1, 0.15) is 5.75 Å². The van der Waals surface area contributed by atoms with Crippen LogP contribution in [0.15, 0.2) is 24.3 Å². The predicted molar refractivity (Wildman–Crippen MR) is 72.4 cm³/mol. The molecule has 0 aliphatic carbocycles. The van der Waals surface area contributed by atoms with Crippen LogP contribution in [0.4, 0.5) is 0 Å². The Balaban J connectivity index is 2.94. The molecule has 1 N–H and O–H groups in total. The van der Waals surface area contributed by atoms with Gasteiger partial charge in [0.15, 0.2) is 0 Å². The van der Waals surface area contributed by atoms with E-state index in [0.717, 1.165) is 11.3 Å². The molecule has 17 heavy (non-hydrogen) atoms. The van der Waals surface area contributed by atoms with Crippen LogP contribution < -0.4 is 4.74 Å². The topological polar surface area (TPSA) is 29.5 Å². The number of aliphatic hydroxyl groups is 1. The van der Waals surface area contributed by atoms with Gasteiger partial charge >= 0.3 is 0 Å². The van der Waals surface area contributed by atoms with E-state index >= 15 is 0 Å². The summed E-state index contributed by atoms with van der Waals surface area (Å²) in [6, 6.07) is 6.23. The molecule has 94 valence electrons. The zero-order chi connectivity index (χ0) is 12.8. The molecule has 0 unspecified atom stereocenters. The third kappa shape index (κ3) is 4.23. The van der Waals surface area contributed by atoms with Crippen LogP contribution in [0.3, 0.4) is 0 Å². The minimum Gasteiger partial charge on any atom is -0.496 e. The summed E-state index contributed by atoms with van der Waals surface area (Å²) in [7, 11) is 1.68. The van der Waals surface area contributed by atoms with E-state index in [9.17, 15) is 5.11 Å². The van der Waals surface area contributed by atoms with E-state index in [1.807, 2.05) is 18.2 Å². The smallest absolute Gasteiger partial charge is 0.126 e. The van der Waals surface area contributed by atoms with Gasteiger partial charge in [-0.2, -0.15) is 0 Å². The molecule has 2 nitrogen and oxygen atoms in total. The SMILES string of the molecule is COc1ccc(C(C)C)cc1C=CC[C@@H](C)O. The lowest BCUT2D eigenvalue weighted by Crippen LogP contribution is -1.96. The fourth-order valence-corrected chi connectivity index (χ4v) is 1.63. The summed E-state index contributed by atoms with van der Waals surface area (Å²) in [4.78, 5) is 0. The zero-order valence-corrected chi connectivity index (χ0v) is 11.1. The largest absolute Gasteiger partial charge is 0.496 e. The number of methoxy groups -OCH3 is 1. The van der Waals surface area contributed by atoms with E-state index in [-0.39, 0.29) is 6.10 Å². The second-order valence-corrected chi connectivity index (χ2v) is 4.64. The lowest BCUT2D eigenvalue weighted by atomic mass is 10.00. The summed E-state index contributed by atoms with van der Waals surface area (Å²) in [6.07, 6.45) is 4.35.